The summed E-state index contributed by atoms with van der Waals surface area (Å²) >= 11 is 0. The molecular weight excluding hydrogens is 142 g/mol. The molecule has 0 amide bonds. The number of carbonyl (C=O) groups excluding carboxylic acids is 1. The molecule has 1 aliphatic heterocycles. The Morgan fingerprint density at radius 3 is 2.73 bits per heavy atom. The van der Waals surface area contributed by atoms with E-state index in [-0.39, 0.29) is 11.9 Å². The summed E-state index contributed by atoms with van der Waals surface area (Å²) in [6.45, 7) is 3.98. The summed E-state index contributed by atoms with van der Waals surface area (Å²) in [5, 5.41) is 4.16. The zero-order valence-corrected chi connectivity index (χ0v) is 6.88. The maximum atomic E-state index is 11.1. The quantitative estimate of drug-likeness (QED) is 0.548. The molecule has 1 aliphatic rings. The van der Waals surface area contributed by atoms with Crippen LogP contribution < -0.4 is 5.32 Å². The number of hydrogen-bond donors (Lipinski definition) is 0. The summed E-state index contributed by atoms with van der Waals surface area (Å²) in [7, 11) is 0. The van der Waals surface area contributed by atoms with Crippen LogP contribution in [0.15, 0.2) is 0 Å². The van der Waals surface area contributed by atoms with Crippen LogP contribution >= 0.6 is 0 Å². The van der Waals surface area contributed by atoms with Crippen LogP contribution in [0.25, 0.3) is 0 Å². The second kappa shape index (κ2) is 4.34. The maximum absolute atomic E-state index is 11.1. The van der Waals surface area contributed by atoms with E-state index in [9.17, 15) is 4.79 Å². The molecule has 11 heavy (non-hydrogen) atoms. The first-order valence-electron chi connectivity index (χ1n) is 4.14. The second-order valence-corrected chi connectivity index (χ2v) is 2.70. The lowest BCUT2D eigenvalue weighted by molar-refractivity contribution is -0.148. The van der Waals surface area contributed by atoms with Crippen LogP contribution in [0.3, 0.4) is 0 Å². The minimum Gasteiger partial charge on any atom is -0.466 e. The predicted molar refractivity (Wildman–Crippen MR) is 41.2 cm³/mol. The molecule has 0 N–H and O–H groups in total. The van der Waals surface area contributed by atoms with E-state index < -0.39 is 0 Å². The van der Waals surface area contributed by atoms with Crippen molar-refractivity contribution in [3.05, 3.63) is 0 Å². The first-order valence-corrected chi connectivity index (χ1v) is 4.14. The average molecular weight is 156 g/mol. The van der Waals surface area contributed by atoms with Crippen LogP contribution in [0.2, 0.25) is 0 Å². The van der Waals surface area contributed by atoms with Gasteiger partial charge in [-0.25, -0.2) is 5.32 Å². The van der Waals surface area contributed by atoms with Gasteiger partial charge in [-0.2, -0.15) is 0 Å². The van der Waals surface area contributed by atoms with Gasteiger partial charge in [0, 0.05) is 13.1 Å². The lowest BCUT2D eigenvalue weighted by atomic mass is 9.99. The fraction of sp³-hybridized carbons (Fsp3) is 0.875. The van der Waals surface area contributed by atoms with Crippen LogP contribution in [0.4, 0.5) is 0 Å². The Balaban J connectivity index is 2.27. The highest BCUT2D eigenvalue weighted by molar-refractivity contribution is 5.72. The molecule has 63 valence electrons. The highest BCUT2D eigenvalue weighted by atomic mass is 16.5. The maximum Gasteiger partial charge on any atom is 0.309 e. The Labute approximate surface area is 67.1 Å². The number of esters is 1. The number of carbonyl (C=O) groups is 1. The molecule has 1 fully saturated rings. The van der Waals surface area contributed by atoms with Gasteiger partial charge >= 0.3 is 5.97 Å². The van der Waals surface area contributed by atoms with E-state index in [1.54, 1.807) is 0 Å². The van der Waals surface area contributed by atoms with Crippen molar-refractivity contribution >= 4 is 5.97 Å². The summed E-state index contributed by atoms with van der Waals surface area (Å²) in [4.78, 5) is 11.1. The van der Waals surface area contributed by atoms with Gasteiger partial charge in [-0.05, 0) is 19.8 Å². The Morgan fingerprint density at radius 1 is 1.55 bits per heavy atom. The van der Waals surface area contributed by atoms with Crippen LogP contribution in [-0.4, -0.2) is 25.7 Å². The molecule has 0 atom stereocenters. The zero-order valence-electron chi connectivity index (χ0n) is 6.88. The monoisotopic (exact) mass is 156 g/mol. The van der Waals surface area contributed by atoms with Crippen LogP contribution in [0, 0.1) is 5.92 Å². The van der Waals surface area contributed by atoms with Gasteiger partial charge in [0.05, 0.1) is 12.5 Å². The van der Waals surface area contributed by atoms with Gasteiger partial charge in [0.15, 0.2) is 0 Å². The molecule has 0 unspecified atom stereocenters. The van der Waals surface area contributed by atoms with Crippen molar-refractivity contribution in [3.8, 4) is 0 Å². The fourth-order valence-corrected chi connectivity index (χ4v) is 1.25. The van der Waals surface area contributed by atoms with Crippen LogP contribution in [-0.2, 0) is 9.53 Å². The van der Waals surface area contributed by atoms with Crippen molar-refractivity contribution in [2.24, 2.45) is 5.92 Å². The van der Waals surface area contributed by atoms with Crippen LogP contribution in [0.1, 0.15) is 19.8 Å². The van der Waals surface area contributed by atoms with E-state index in [4.69, 9.17) is 4.74 Å². The third kappa shape index (κ3) is 2.50. The predicted octanol–water partition coefficient (Wildman–Crippen LogP) is 0.564. The van der Waals surface area contributed by atoms with E-state index in [2.05, 4.69) is 5.32 Å². The number of nitrogens with zero attached hydrogens (tertiary/aromatic N) is 1. The first kappa shape index (κ1) is 8.53. The van der Waals surface area contributed by atoms with E-state index in [1.807, 2.05) is 6.92 Å². The average Bonchev–Trinajstić information content (AvgIpc) is 2.07. The van der Waals surface area contributed by atoms with Crippen molar-refractivity contribution in [1.82, 2.24) is 5.32 Å². The summed E-state index contributed by atoms with van der Waals surface area (Å²) in [5.74, 6) is 0.0786. The summed E-state index contributed by atoms with van der Waals surface area (Å²) in [6, 6.07) is 0. The third-order valence-electron chi connectivity index (χ3n) is 1.89. The van der Waals surface area contributed by atoms with Gasteiger partial charge in [0.25, 0.3) is 0 Å². The van der Waals surface area contributed by atoms with Crippen molar-refractivity contribution in [1.29, 1.82) is 0 Å². The van der Waals surface area contributed by atoms with Gasteiger partial charge in [-0.3, -0.25) is 4.79 Å². The molecule has 0 aromatic carbocycles. The highest BCUT2D eigenvalue weighted by Crippen LogP contribution is 2.13. The normalized spacial score (nSPS) is 19.7. The van der Waals surface area contributed by atoms with Crippen molar-refractivity contribution in [2.75, 3.05) is 19.7 Å². The molecule has 1 heterocycles. The minimum absolute atomic E-state index is 0.0394. The summed E-state index contributed by atoms with van der Waals surface area (Å²) in [5.41, 5.74) is 0. The molecule has 0 aromatic heterocycles. The molecule has 1 radical (unpaired) electrons. The Morgan fingerprint density at radius 2 is 2.18 bits per heavy atom. The highest BCUT2D eigenvalue weighted by Gasteiger charge is 2.21. The molecular formula is C8H14NO2. The summed E-state index contributed by atoms with van der Waals surface area (Å²) in [6.07, 6.45) is 1.75. The van der Waals surface area contributed by atoms with Crippen molar-refractivity contribution in [3.63, 3.8) is 0 Å². The van der Waals surface area contributed by atoms with Gasteiger partial charge < -0.3 is 4.74 Å². The largest absolute Gasteiger partial charge is 0.466 e. The van der Waals surface area contributed by atoms with Gasteiger partial charge in [-0.15, -0.1) is 0 Å². The molecule has 3 heteroatoms. The number of piperidine rings is 1. The standard InChI is InChI=1S/C8H14NO2/c1-2-11-8(10)7-3-5-9-6-4-7/h7H,2-6H2,1H3. The molecule has 0 saturated carbocycles. The Hall–Kier alpha value is -0.570. The molecule has 1 rings (SSSR count). The zero-order chi connectivity index (χ0) is 8.10. The molecule has 0 spiro atoms. The summed E-state index contributed by atoms with van der Waals surface area (Å²) < 4.78 is 4.90. The Bertz CT molecular complexity index is 130. The van der Waals surface area contributed by atoms with Gasteiger partial charge in [0.2, 0.25) is 0 Å². The molecule has 0 aliphatic carbocycles. The lowest BCUT2D eigenvalue weighted by Gasteiger charge is -2.19. The topological polar surface area (TPSA) is 40.4 Å². The molecule has 0 bridgehead atoms. The fourth-order valence-electron chi connectivity index (χ4n) is 1.25. The smallest absolute Gasteiger partial charge is 0.309 e. The number of ether oxygens (including phenoxy) is 1. The van der Waals surface area contributed by atoms with Gasteiger partial charge in [0.1, 0.15) is 0 Å². The molecule has 3 nitrogen and oxygen atoms in total. The van der Waals surface area contributed by atoms with Crippen molar-refractivity contribution < 1.29 is 9.53 Å². The molecule has 0 aromatic rings. The van der Waals surface area contributed by atoms with Gasteiger partial charge in [-0.1, -0.05) is 0 Å². The number of hydrogen-bond acceptors (Lipinski definition) is 2. The lowest BCUT2D eigenvalue weighted by Crippen LogP contribution is -2.29. The van der Waals surface area contributed by atoms with E-state index in [1.165, 1.54) is 0 Å². The van der Waals surface area contributed by atoms with E-state index in [0.717, 1.165) is 25.9 Å². The van der Waals surface area contributed by atoms with Crippen LogP contribution in [0.5, 0.6) is 0 Å². The SMILES string of the molecule is CCOC(=O)C1CC[N]CC1. The second-order valence-electron chi connectivity index (χ2n) is 2.70. The minimum atomic E-state index is -0.0394. The van der Waals surface area contributed by atoms with E-state index >= 15 is 0 Å². The van der Waals surface area contributed by atoms with Crippen molar-refractivity contribution in [2.45, 2.75) is 19.8 Å². The number of rotatable bonds is 2. The third-order valence-corrected chi connectivity index (χ3v) is 1.89. The first-order chi connectivity index (χ1) is 5.34. The Kier molecular flexibility index (Phi) is 3.36. The molecule has 1 saturated heterocycles. The van der Waals surface area contributed by atoms with E-state index in [0.29, 0.717) is 6.61 Å².